The summed E-state index contributed by atoms with van der Waals surface area (Å²) in [5, 5.41) is 10.8. The quantitative estimate of drug-likeness (QED) is 0.794. The molecular formula is C19H26N4OS. The summed E-state index contributed by atoms with van der Waals surface area (Å²) < 4.78 is 0. The number of rotatable bonds is 5. The Morgan fingerprint density at radius 2 is 2.00 bits per heavy atom. The SMILES string of the molecule is Cc1ccc(-c2nc(S[C@@H](C)C(=O)N[C@@H]3CCCC[C@@H]3C)n[nH]2)cc1. The zero-order valence-electron chi connectivity index (χ0n) is 15.1. The molecule has 3 rings (SSSR count). The molecule has 1 aromatic carbocycles. The van der Waals surface area contributed by atoms with Crippen LogP contribution in [0.5, 0.6) is 0 Å². The van der Waals surface area contributed by atoms with E-state index in [-0.39, 0.29) is 11.2 Å². The molecule has 5 nitrogen and oxygen atoms in total. The maximum Gasteiger partial charge on any atom is 0.233 e. The fraction of sp³-hybridized carbons (Fsp3) is 0.526. The molecule has 25 heavy (non-hydrogen) atoms. The topological polar surface area (TPSA) is 70.7 Å². The number of nitrogens with one attached hydrogen (secondary N) is 2. The maximum atomic E-state index is 12.5. The number of carbonyl (C=O) groups is 1. The van der Waals surface area contributed by atoms with Crippen molar-refractivity contribution in [1.82, 2.24) is 20.5 Å². The molecule has 1 aliphatic carbocycles. The lowest BCUT2D eigenvalue weighted by Crippen LogP contribution is -2.44. The van der Waals surface area contributed by atoms with Crippen LogP contribution in [0.4, 0.5) is 0 Å². The zero-order valence-corrected chi connectivity index (χ0v) is 15.9. The molecule has 2 N–H and O–H groups in total. The van der Waals surface area contributed by atoms with Crippen LogP contribution < -0.4 is 5.32 Å². The van der Waals surface area contributed by atoms with E-state index >= 15 is 0 Å². The van der Waals surface area contributed by atoms with Gasteiger partial charge in [-0.3, -0.25) is 9.89 Å². The molecular weight excluding hydrogens is 332 g/mol. The molecule has 1 fully saturated rings. The number of nitrogens with zero attached hydrogens (tertiary/aromatic N) is 2. The number of benzene rings is 1. The van der Waals surface area contributed by atoms with Crippen molar-refractivity contribution in [3.63, 3.8) is 0 Å². The maximum absolute atomic E-state index is 12.5. The van der Waals surface area contributed by atoms with Crippen molar-refractivity contribution in [2.75, 3.05) is 0 Å². The molecule has 1 saturated carbocycles. The monoisotopic (exact) mass is 358 g/mol. The molecule has 1 aromatic heterocycles. The molecule has 0 radical (unpaired) electrons. The van der Waals surface area contributed by atoms with Gasteiger partial charge in [0.15, 0.2) is 5.82 Å². The molecule has 134 valence electrons. The standard InChI is InChI=1S/C19H26N4OS/c1-12-8-10-15(11-9-12)17-21-19(23-22-17)25-14(3)18(24)20-16-7-5-4-6-13(16)2/h8-11,13-14,16H,4-7H2,1-3H3,(H,20,24)(H,21,22,23)/t13-,14-,16+/m0/s1. The molecule has 0 unspecified atom stereocenters. The van der Waals surface area contributed by atoms with E-state index in [0.717, 1.165) is 17.8 Å². The number of carbonyl (C=O) groups excluding carboxylic acids is 1. The van der Waals surface area contributed by atoms with Gasteiger partial charge in [-0.25, -0.2) is 4.98 Å². The van der Waals surface area contributed by atoms with Gasteiger partial charge in [0.2, 0.25) is 11.1 Å². The van der Waals surface area contributed by atoms with Gasteiger partial charge < -0.3 is 5.32 Å². The van der Waals surface area contributed by atoms with Gasteiger partial charge >= 0.3 is 0 Å². The van der Waals surface area contributed by atoms with E-state index in [0.29, 0.717) is 17.1 Å². The molecule has 2 aromatic rings. The van der Waals surface area contributed by atoms with Crippen LogP contribution in [-0.4, -0.2) is 32.4 Å². The van der Waals surface area contributed by atoms with Crippen molar-refractivity contribution in [3.05, 3.63) is 29.8 Å². The molecule has 0 spiro atoms. The van der Waals surface area contributed by atoms with Gasteiger partial charge in [0.1, 0.15) is 0 Å². The number of hydrogen-bond acceptors (Lipinski definition) is 4. The molecule has 1 aliphatic rings. The fourth-order valence-electron chi connectivity index (χ4n) is 3.18. The van der Waals surface area contributed by atoms with E-state index in [2.05, 4.69) is 34.3 Å². The summed E-state index contributed by atoms with van der Waals surface area (Å²) in [6.07, 6.45) is 4.77. The van der Waals surface area contributed by atoms with Gasteiger partial charge in [-0.2, -0.15) is 0 Å². The predicted molar refractivity (Wildman–Crippen MR) is 101 cm³/mol. The van der Waals surface area contributed by atoms with Crippen LogP contribution in [0.1, 0.15) is 45.1 Å². The first-order valence-electron chi connectivity index (χ1n) is 8.99. The largest absolute Gasteiger partial charge is 0.352 e. The van der Waals surface area contributed by atoms with E-state index in [1.165, 1.54) is 36.6 Å². The van der Waals surface area contributed by atoms with Gasteiger partial charge in [0, 0.05) is 11.6 Å². The van der Waals surface area contributed by atoms with Gasteiger partial charge in [0.05, 0.1) is 5.25 Å². The van der Waals surface area contributed by atoms with E-state index in [4.69, 9.17) is 0 Å². The van der Waals surface area contributed by atoms with E-state index in [1.54, 1.807) is 0 Å². The highest BCUT2D eigenvalue weighted by Gasteiger charge is 2.25. The second-order valence-electron chi connectivity index (χ2n) is 6.97. The minimum absolute atomic E-state index is 0.0745. The lowest BCUT2D eigenvalue weighted by molar-refractivity contribution is -0.121. The highest BCUT2D eigenvalue weighted by Crippen LogP contribution is 2.26. The first kappa shape index (κ1) is 18.0. The van der Waals surface area contributed by atoms with Gasteiger partial charge in [-0.1, -0.05) is 61.4 Å². The third-order valence-electron chi connectivity index (χ3n) is 4.88. The Hall–Kier alpha value is -1.82. The predicted octanol–water partition coefficient (Wildman–Crippen LogP) is 3.96. The molecule has 1 heterocycles. The number of amides is 1. The summed E-state index contributed by atoms with van der Waals surface area (Å²) in [5.74, 6) is 1.37. The van der Waals surface area contributed by atoms with Crippen LogP contribution in [-0.2, 0) is 4.79 Å². The molecule has 3 atom stereocenters. The van der Waals surface area contributed by atoms with E-state index in [1.807, 2.05) is 31.2 Å². The number of hydrogen-bond donors (Lipinski definition) is 2. The highest BCUT2D eigenvalue weighted by atomic mass is 32.2. The number of aromatic amines is 1. The fourth-order valence-corrected chi connectivity index (χ4v) is 3.92. The summed E-state index contributed by atoms with van der Waals surface area (Å²) >= 11 is 1.39. The Balaban J connectivity index is 1.58. The minimum atomic E-state index is -0.212. The lowest BCUT2D eigenvalue weighted by atomic mass is 9.86. The van der Waals surface area contributed by atoms with E-state index < -0.39 is 0 Å². The molecule has 0 aliphatic heterocycles. The number of aryl methyl sites for hydroxylation is 1. The van der Waals surface area contributed by atoms with Crippen molar-refractivity contribution in [2.45, 2.75) is 62.9 Å². The van der Waals surface area contributed by atoms with Crippen LogP contribution in [0.2, 0.25) is 0 Å². The first-order valence-corrected chi connectivity index (χ1v) is 9.87. The summed E-state index contributed by atoms with van der Waals surface area (Å²) in [6.45, 7) is 6.19. The van der Waals surface area contributed by atoms with Gasteiger partial charge in [0.25, 0.3) is 0 Å². The van der Waals surface area contributed by atoms with Gasteiger partial charge in [-0.05, 0) is 32.6 Å². The summed E-state index contributed by atoms with van der Waals surface area (Å²) in [4.78, 5) is 17.0. The average molecular weight is 359 g/mol. The van der Waals surface area contributed by atoms with Gasteiger partial charge in [-0.15, -0.1) is 5.10 Å². The second-order valence-corrected chi connectivity index (χ2v) is 8.28. The minimum Gasteiger partial charge on any atom is -0.352 e. The van der Waals surface area contributed by atoms with Crippen LogP contribution in [0.3, 0.4) is 0 Å². The molecule has 6 heteroatoms. The third-order valence-corrected chi connectivity index (χ3v) is 5.84. The summed E-state index contributed by atoms with van der Waals surface area (Å²) in [5.41, 5.74) is 2.21. The normalized spacial score (nSPS) is 21.7. The second kappa shape index (κ2) is 8.04. The number of thioether (sulfide) groups is 1. The van der Waals surface area contributed by atoms with Crippen LogP contribution in [0.25, 0.3) is 11.4 Å². The Kier molecular flexibility index (Phi) is 5.78. The highest BCUT2D eigenvalue weighted by molar-refractivity contribution is 8.00. The first-order chi connectivity index (χ1) is 12.0. The Bertz CT molecular complexity index is 712. The number of aromatic nitrogens is 3. The molecule has 0 bridgehead atoms. The lowest BCUT2D eigenvalue weighted by Gasteiger charge is -2.30. The van der Waals surface area contributed by atoms with Crippen molar-refractivity contribution >= 4 is 17.7 Å². The van der Waals surface area contributed by atoms with Crippen LogP contribution in [0.15, 0.2) is 29.4 Å². The average Bonchev–Trinajstić information content (AvgIpc) is 3.06. The van der Waals surface area contributed by atoms with Crippen molar-refractivity contribution < 1.29 is 4.79 Å². The third kappa shape index (κ3) is 4.63. The summed E-state index contributed by atoms with van der Waals surface area (Å²) in [6, 6.07) is 8.44. The van der Waals surface area contributed by atoms with Crippen LogP contribution in [0, 0.1) is 12.8 Å². The Morgan fingerprint density at radius 1 is 1.28 bits per heavy atom. The Labute approximate surface area is 153 Å². The van der Waals surface area contributed by atoms with E-state index in [9.17, 15) is 4.79 Å². The molecule has 0 saturated heterocycles. The van der Waals surface area contributed by atoms with Crippen molar-refractivity contribution in [3.8, 4) is 11.4 Å². The summed E-state index contributed by atoms with van der Waals surface area (Å²) in [7, 11) is 0. The van der Waals surface area contributed by atoms with Crippen molar-refractivity contribution in [1.29, 1.82) is 0 Å². The molecule has 1 amide bonds. The smallest absolute Gasteiger partial charge is 0.233 e. The number of H-pyrrole nitrogens is 1. The zero-order chi connectivity index (χ0) is 17.8. The van der Waals surface area contributed by atoms with Crippen LogP contribution >= 0.6 is 11.8 Å². The Morgan fingerprint density at radius 3 is 2.72 bits per heavy atom. The van der Waals surface area contributed by atoms with Crippen molar-refractivity contribution in [2.24, 2.45) is 5.92 Å².